The number of hydrogen-bond donors (Lipinski definition) is 0. The second-order valence-electron chi connectivity index (χ2n) is 6.08. The molecule has 0 atom stereocenters. The molecular weight excluding hydrogens is 308 g/mol. The van der Waals surface area contributed by atoms with Crippen LogP contribution in [0.4, 0.5) is 0 Å². The number of thiophene rings is 1. The Bertz CT molecular complexity index is 736. The van der Waals surface area contributed by atoms with Crippen LogP contribution in [0.5, 0.6) is 0 Å². The minimum Gasteiger partial charge on any atom is -0.334 e. The van der Waals surface area contributed by atoms with Crippen LogP contribution in [0, 0.1) is 0 Å². The number of amides is 1. The highest BCUT2D eigenvalue weighted by atomic mass is 32.1. The minimum absolute atomic E-state index is 0.130. The van der Waals surface area contributed by atoms with Gasteiger partial charge in [-0.2, -0.15) is 0 Å². The van der Waals surface area contributed by atoms with Gasteiger partial charge in [0.2, 0.25) is 0 Å². The minimum atomic E-state index is 0.130. The van der Waals surface area contributed by atoms with Gasteiger partial charge in [-0.25, -0.2) is 0 Å². The second-order valence-corrected chi connectivity index (χ2v) is 7.19. The van der Waals surface area contributed by atoms with E-state index < -0.39 is 0 Å². The molecule has 0 N–H and O–H groups in total. The van der Waals surface area contributed by atoms with Crippen molar-refractivity contribution in [1.82, 2.24) is 9.80 Å². The quantitative estimate of drug-likeness (QED) is 0.765. The number of rotatable bonds is 6. The van der Waals surface area contributed by atoms with Gasteiger partial charge in [-0.15, -0.1) is 11.3 Å². The van der Waals surface area contributed by atoms with E-state index in [-0.39, 0.29) is 5.91 Å². The molecule has 0 fully saturated rings. The topological polar surface area (TPSA) is 40.6 Å². The monoisotopic (exact) mass is 328 g/mol. The van der Waals surface area contributed by atoms with Gasteiger partial charge in [0.1, 0.15) is 0 Å². The van der Waals surface area contributed by atoms with Crippen molar-refractivity contribution in [2.45, 2.75) is 13.0 Å². The summed E-state index contributed by atoms with van der Waals surface area (Å²) in [5.41, 5.74) is 2.97. The van der Waals surface area contributed by atoms with E-state index in [1.807, 2.05) is 43.3 Å². The highest BCUT2D eigenvalue weighted by Gasteiger charge is 2.27. The first kappa shape index (κ1) is 15.9. The predicted octanol–water partition coefficient (Wildman–Crippen LogP) is 3.14. The Morgan fingerprint density at radius 2 is 2.09 bits per heavy atom. The molecule has 0 bridgehead atoms. The molecule has 4 nitrogen and oxygen atoms in total. The summed E-state index contributed by atoms with van der Waals surface area (Å²) in [6, 6.07) is 9.76. The Hall–Kier alpha value is -1.98. The first-order valence-corrected chi connectivity index (χ1v) is 8.52. The summed E-state index contributed by atoms with van der Waals surface area (Å²) in [6.45, 7) is 2.45. The van der Waals surface area contributed by atoms with Crippen LogP contribution < -0.4 is 0 Å². The molecule has 1 aliphatic rings. The molecule has 0 unspecified atom stereocenters. The number of carbonyl (C=O) groups excluding carboxylic acids is 2. The zero-order chi connectivity index (χ0) is 16.4. The Balaban J connectivity index is 1.75. The lowest BCUT2D eigenvalue weighted by Gasteiger charge is -2.17. The van der Waals surface area contributed by atoms with Crippen molar-refractivity contribution >= 4 is 23.5 Å². The molecule has 0 radical (unpaired) electrons. The Morgan fingerprint density at radius 3 is 2.78 bits per heavy atom. The molecule has 23 heavy (non-hydrogen) atoms. The van der Waals surface area contributed by atoms with Gasteiger partial charge in [0.15, 0.2) is 6.29 Å². The maximum absolute atomic E-state index is 12.4. The third-order valence-corrected chi connectivity index (χ3v) is 5.10. The van der Waals surface area contributed by atoms with Crippen molar-refractivity contribution in [3.63, 3.8) is 0 Å². The summed E-state index contributed by atoms with van der Waals surface area (Å²) < 4.78 is 0. The summed E-state index contributed by atoms with van der Waals surface area (Å²) >= 11 is 1.48. The van der Waals surface area contributed by atoms with Crippen LogP contribution >= 0.6 is 11.3 Å². The SMILES string of the molecule is CN(C)CCCN1Cc2cc(-c3ccc(C=O)s3)ccc2C1=O. The van der Waals surface area contributed by atoms with E-state index in [0.29, 0.717) is 6.54 Å². The Labute approximate surface area is 140 Å². The van der Waals surface area contributed by atoms with Crippen LogP contribution in [-0.2, 0) is 6.54 Å². The van der Waals surface area contributed by atoms with E-state index in [1.54, 1.807) is 0 Å². The van der Waals surface area contributed by atoms with Crippen LogP contribution in [0.25, 0.3) is 10.4 Å². The zero-order valence-corrected chi connectivity index (χ0v) is 14.2. The third-order valence-electron chi connectivity index (χ3n) is 4.04. The van der Waals surface area contributed by atoms with Crippen molar-refractivity contribution in [2.24, 2.45) is 0 Å². The van der Waals surface area contributed by atoms with E-state index in [0.717, 1.165) is 52.2 Å². The van der Waals surface area contributed by atoms with Crippen molar-refractivity contribution in [2.75, 3.05) is 27.2 Å². The number of nitrogens with zero attached hydrogens (tertiary/aromatic N) is 2. The largest absolute Gasteiger partial charge is 0.334 e. The summed E-state index contributed by atoms with van der Waals surface area (Å²) in [4.78, 5) is 29.1. The van der Waals surface area contributed by atoms with Crippen molar-refractivity contribution in [3.05, 3.63) is 46.3 Å². The standard InChI is InChI=1S/C18H20N2O2S/c1-19(2)8-3-9-20-11-14-10-13(4-6-16(14)18(20)22)17-7-5-15(12-21)23-17/h4-7,10,12H,3,8-9,11H2,1-2H3. The molecule has 2 aromatic rings. The van der Waals surface area contributed by atoms with E-state index in [9.17, 15) is 9.59 Å². The van der Waals surface area contributed by atoms with Gasteiger partial charge in [-0.1, -0.05) is 6.07 Å². The smallest absolute Gasteiger partial charge is 0.254 e. The molecule has 1 aliphatic heterocycles. The predicted molar refractivity (Wildman–Crippen MR) is 93.1 cm³/mol. The van der Waals surface area contributed by atoms with Gasteiger partial charge in [0.25, 0.3) is 5.91 Å². The fourth-order valence-corrected chi connectivity index (χ4v) is 3.68. The average molecular weight is 328 g/mol. The Kier molecular flexibility index (Phi) is 4.59. The van der Waals surface area contributed by atoms with Gasteiger partial charge < -0.3 is 9.80 Å². The summed E-state index contributed by atoms with van der Waals surface area (Å²) in [5.74, 6) is 0.130. The van der Waals surface area contributed by atoms with E-state index >= 15 is 0 Å². The van der Waals surface area contributed by atoms with Crippen molar-refractivity contribution in [3.8, 4) is 10.4 Å². The van der Waals surface area contributed by atoms with E-state index in [4.69, 9.17) is 0 Å². The lowest BCUT2D eigenvalue weighted by atomic mass is 10.1. The van der Waals surface area contributed by atoms with Crippen LogP contribution in [-0.4, -0.2) is 49.2 Å². The maximum atomic E-state index is 12.4. The number of fused-ring (bicyclic) bond motifs is 1. The van der Waals surface area contributed by atoms with Gasteiger partial charge in [-0.05, 0) is 62.5 Å². The molecule has 1 amide bonds. The molecule has 2 heterocycles. The van der Waals surface area contributed by atoms with Gasteiger partial charge >= 0.3 is 0 Å². The molecule has 3 rings (SSSR count). The Morgan fingerprint density at radius 1 is 1.26 bits per heavy atom. The van der Waals surface area contributed by atoms with E-state index in [1.165, 1.54) is 11.3 Å². The van der Waals surface area contributed by atoms with Gasteiger partial charge in [0.05, 0.1) is 4.88 Å². The fraction of sp³-hybridized carbons (Fsp3) is 0.333. The fourth-order valence-electron chi connectivity index (χ4n) is 2.86. The first-order chi connectivity index (χ1) is 11.1. The lowest BCUT2D eigenvalue weighted by molar-refractivity contribution is 0.0773. The van der Waals surface area contributed by atoms with Crippen LogP contribution in [0.2, 0.25) is 0 Å². The number of carbonyl (C=O) groups is 2. The molecule has 1 aromatic heterocycles. The maximum Gasteiger partial charge on any atom is 0.254 e. The second kappa shape index (κ2) is 6.64. The number of hydrogen-bond acceptors (Lipinski definition) is 4. The van der Waals surface area contributed by atoms with Gasteiger partial charge in [0, 0.05) is 23.5 Å². The molecule has 120 valence electrons. The van der Waals surface area contributed by atoms with Crippen molar-refractivity contribution < 1.29 is 9.59 Å². The molecule has 5 heteroatoms. The van der Waals surface area contributed by atoms with Crippen LogP contribution in [0.15, 0.2) is 30.3 Å². The third kappa shape index (κ3) is 3.35. The molecule has 0 spiro atoms. The normalized spacial score (nSPS) is 13.7. The first-order valence-electron chi connectivity index (χ1n) is 7.71. The molecule has 0 aliphatic carbocycles. The van der Waals surface area contributed by atoms with Crippen molar-refractivity contribution in [1.29, 1.82) is 0 Å². The summed E-state index contributed by atoms with van der Waals surface area (Å²) in [6.07, 6.45) is 1.85. The van der Waals surface area contributed by atoms with E-state index in [2.05, 4.69) is 11.0 Å². The highest BCUT2D eigenvalue weighted by molar-refractivity contribution is 7.17. The number of aldehydes is 1. The van der Waals surface area contributed by atoms with Crippen LogP contribution in [0.1, 0.15) is 32.0 Å². The summed E-state index contributed by atoms with van der Waals surface area (Å²) in [7, 11) is 4.09. The number of benzene rings is 1. The molecule has 0 saturated carbocycles. The molecule has 1 aromatic carbocycles. The van der Waals surface area contributed by atoms with Gasteiger partial charge in [-0.3, -0.25) is 9.59 Å². The highest BCUT2D eigenvalue weighted by Crippen LogP contribution is 2.32. The van der Waals surface area contributed by atoms with Crippen LogP contribution in [0.3, 0.4) is 0 Å². The molecule has 0 saturated heterocycles. The lowest BCUT2D eigenvalue weighted by Crippen LogP contribution is -2.27. The molecular formula is C18H20N2O2S. The summed E-state index contributed by atoms with van der Waals surface area (Å²) in [5, 5.41) is 0. The zero-order valence-electron chi connectivity index (χ0n) is 13.4. The average Bonchev–Trinajstić information content (AvgIpc) is 3.12.